The molecule has 106 valence electrons. The first-order valence-electron chi connectivity index (χ1n) is 6.94. The lowest BCUT2D eigenvalue weighted by Gasteiger charge is -2.37. The van der Waals surface area contributed by atoms with Crippen molar-refractivity contribution < 1.29 is 8.78 Å². The third-order valence-corrected chi connectivity index (χ3v) is 4.28. The molecule has 1 fully saturated rings. The van der Waals surface area contributed by atoms with Crippen LogP contribution in [-0.4, -0.2) is 24.0 Å². The highest BCUT2D eigenvalue weighted by molar-refractivity contribution is 5.23. The molecule has 4 heteroatoms. The van der Waals surface area contributed by atoms with E-state index in [1.165, 1.54) is 18.2 Å². The number of halogens is 2. The van der Waals surface area contributed by atoms with Crippen molar-refractivity contribution in [3.63, 3.8) is 0 Å². The van der Waals surface area contributed by atoms with Gasteiger partial charge in [-0.3, -0.25) is 4.90 Å². The second-order valence-corrected chi connectivity index (χ2v) is 5.54. The van der Waals surface area contributed by atoms with Gasteiger partial charge >= 0.3 is 0 Å². The molecule has 2 nitrogen and oxygen atoms in total. The zero-order valence-electron chi connectivity index (χ0n) is 11.6. The lowest BCUT2D eigenvalue weighted by atomic mass is 9.89. The highest BCUT2D eigenvalue weighted by Gasteiger charge is 2.27. The van der Waals surface area contributed by atoms with Crippen molar-refractivity contribution in [2.24, 2.45) is 11.7 Å². The third-order valence-electron chi connectivity index (χ3n) is 4.28. The average molecular weight is 268 g/mol. The number of nitrogens with two attached hydrogens (primary N) is 1. The van der Waals surface area contributed by atoms with Gasteiger partial charge in [-0.1, -0.05) is 6.07 Å². The fourth-order valence-electron chi connectivity index (χ4n) is 2.92. The Bertz CT molecular complexity index is 406. The highest BCUT2D eigenvalue weighted by atomic mass is 19.1. The van der Waals surface area contributed by atoms with Crippen molar-refractivity contribution in [2.45, 2.75) is 38.8 Å². The van der Waals surface area contributed by atoms with E-state index < -0.39 is 11.6 Å². The van der Waals surface area contributed by atoms with Crippen molar-refractivity contribution in [1.29, 1.82) is 0 Å². The van der Waals surface area contributed by atoms with Crippen LogP contribution in [0.5, 0.6) is 0 Å². The van der Waals surface area contributed by atoms with E-state index >= 15 is 0 Å². The second kappa shape index (κ2) is 5.97. The molecule has 0 bridgehead atoms. The van der Waals surface area contributed by atoms with Crippen molar-refractivity contribution in [2.75, 3.05) is 13.1 Å². The predicted octanol–water partition coefficient (Wildman–Crippen LogP) is 3.09. The zero-order chi connectivity index (χ0) is 14.0. The molecule has 1 aliphatic rings. The largest absolute Gasteiger partial charge is 0.328 e. The van der Waals surface area contributed by atoms with Crippen molar-refractivity contribution in [3.05, 3.63) is 35.4 Å². The number of benzene rings is 1. The van der Waals surface area contributed by atoms with Gasteiger partial charge < -0.3 is 5.73 Å². The number of piperidine rings is 1. The molecule has 0 spiro atoms. The fraction of sp³-hybridized carbons (Fsp3) is 0.600. The van der Waals surface area contributed by atoms with Crippen LogP contribution in [0.15, 0.2) is 18.2 Å². The first kappa shape index (κ1) is 14.4. The molecular weight excluding hydrogens is 246 g/mol. The summed E-state index contributed by atoms with van der Waals surface area (Å²) in [4.78, 5) is 2.14. The van der Waals surface area contributed by atoms with Gasteiger partial charge in [0.2, 0.25) is 0 Å². The molecule has 0 amide bonds. The fourth-order valence-corrected chi connectivity index (χ4v) is 2.92. The molecule has 0 aliphatic carbocycles. The van der Waals surface area contributed by atoms with E-state index in [4.69, 9.17) is 5.73 Å². The Morgan fingerprint density at radius 1 is 1.16 bits per heavy atom. The van der Waals surface area contributed by atoms with Crippen LogP contribution in [0.25, 0.3) is 0 Å². The van der Waals surface area contributed by atoms with Crippen molar-refractivity contribution in [3.8, 4) is 0 Å². The summed E-state index contributed by atoms with van der Waals surface area (Å²) >= 11 is 0. The summed E-state index contributed by atoms with van der Waals surface area (Å²) in [7, 11) is 0. The Morgan fingerprint density at radius 2 is 1.68 bits per heavy atom. The van der Waals surface area contributed by atoms with Crippen LogP contribution in [0.1, 0.15) is 38.3 Å². The number of hydrogen-bond acceptors (Lipinski definition) is 2. The van der Waals surface area contributed by atoms with E-state index in [-0.39, 0.29) is 17.6 Å². The second-order valence-electron chi connectivity index (χ2n) is 5.54. The molecule has 2 atom stereocenters. The van der Waals surface area contributed by atoms with Crippen LogP contribution in [0, 0.1) is 17.6 Å². The zero-order valence-corrected chi connectivity index (χ0v) is 11.6. The van der Waals surface area contributed by atoms with Crippen LogP contribution in [0.3, 0.4) is 0 Å². The Balaban J connectivity index is 2.07. The summed E-state index contributed by atoms with van der Waals surface area (Å²) in [5, 5.41) is 0. The summed E-state index contributed by atoms with van der Waals surface area (Å²) in [6.45, 7) is 5.59. The molecule has 1 aromatic carbocycles. The minimum absolute atomic E-state index is 0.182. The molecule has 0 radical (unpaired) electrons. The summed E-state index contributed by atoms with van der Waals surface area (Å²) < 4.78 is 27.5. The van der Waals surface area contributed by atoms with Crippen LogP contribution in [0.2, 0.25) is 0 Å². The third kappa shape index (κ3) is 3.12. The van der Waals surface area contributed by atoms with E-state index in [1.807, 2.05) is 13.8 Å². The topological polar surface area (TPSA) is 29.3 Å². The molecule has 2 unspecified atom stereocenters. The summed E-state index contributed by atoms with van der Waals surface area (Å²) in [5.74, 6) is -0.391. The van der Waals surface area contributed by atoms with E-state index in [1.54, 1.807) is 0 Å². The molecule has 1 aliphatic heterocycles. The molecule has 2 rings (SSSR count). The maximum atomic E-state index is 13.8. The maximum absolute atomic E-state index is 13.8. The van der Waals surface area contributed by atoms with E-state index in [2.05, 4.69) is 4.90 Å². The Morgan fingerprint density at radius 3 is 2.16 bits per heavy atom. The molecule has 1 saturated heterocycles. The van der Waals surface area contributed by atoms with Gasteiger partial charge in [0.05, 0.1) is 0 Å². The standard InChI is InChI=1S/C15H22F2N2/c1-10(18)12-6-8-19(9-7-12)11(2)15-13(16)4-3-5-14(15)17/h3-5,10-12H,6-9,18H2,1-2H3. The molecule has 19 heavy (non-hydrogen) atoms. The average Bonchev–Trinajstić information content (AvgIpc) is 2.38. The van der Waals surface area contributed by atoms with Crippen LogP contribution in [-0.2, 0) is 0 Å². The first-order chi connectivity index (χ1) is 9.00. The van der Waals surface area contributed by atoms with E-state index in [9.17, 15) is 8.78 Å². The van der Waals surface area contributed by atoms with Gasteiger partial charge in [-0.25, -0.2) is 8.78 Å². The molecular formula is C15H22F2N2. The monoisotopic (exact) mass is 268 g/mol. The van der Waals surface area contributed by atoms with Crippen molar-refractivity contribution >= 4 is 0 Å². The van der Waals surface area contributed by atoms with Crippen LogP contribution in [0.4, 0.5) is 8.78 Å². The van der Waals surface area contributed by atoms with Crippen molar-refractivity contribution in [1.82, 2.24) is 4.90 Å². The number of likely N-dealkylation sites (tertiary alicyclic amines) is 1. The van der Waals surface area contributed by atoms with Gasteiger partial charge in [0.1, 0.15) is 11.6 Å². The molecule has 1 aromatic rings. The Labute approximate surface area is 113 Å². The molecule has 2 N–H and O–H groups in total. The first-order valence-corrected chi connectivity index (χ1v) is 6.94. The summed E-state index contributed by atoms with van der Waals surface area (Å²) in [5.41, 5.74) is 6.09. The minimum atomic E-state index is -0.457. The Hall–Kier alpha value is -1.00. The highest BCUT2D eigenvalue weighted by Crippen LogP contribution is 2.30. The SMILES string of the molecule is CC(N)C1CCN(C(C)c2c(F)cccc2F)CC1. The lowest BCUT2D eigenvalue weighted by molar-refractivity contribution is 0.128. The molecule has 1 heterocycles. The van der Waals surface area contributed by atoms with E-state index in [0.29, 0.717) is 5.92 Å². The van der Waals surface area contributed by atoms with Gasteiger partial charge in [-0.15, -0.1) is 0 Å². The number of hydrogen-bond donors (Lipinski definition) is 1. The van der Waals surface area contributed by atoms with Gasteiger partial charge in [-0.2, -0.15) is 0 Å². The summed E-state index contributed by atoms with van der Waals surface area (Å²) in [6, 6.07) is 4.02. The summed E-state index contributed by atoms with van der Waals surface area (Å²) in [6.07, 6.45) is 2.00. The van der Waals surface area contributed by atoms with Gasteiger partial charge in [0, 0.05) is 17.6 Å². The predicted molar refractivity (Wildman–Crippen MR) is 72.7 cm³/mol. The minimum Gasteiger partial charge on any atom is -0.328 e. The van der Waals surface area contributed by atoms with Gasteiger partial charge in [-0.05, 0) is 57.8 Å². The lowest BCUT2D eigenvalue weighted by Crippen LogP contribution is -2.41. The molecule has 0 saturated carbocycles. The van der Waals surface area contributed by atoms with Gasteiger partial charge in [0.15, 0.2) is 0 Å². The quantitative estimate of drug-likeness (QED) is 0.912. The Kier molecular flexibility index (Phi) is 4.53. The number of nitrogens with zero attached hydrogens (tertiary/aromatic N) is 1. The maximum Gasteiger partial charge on any atom is 0.130 e. The van der Waals surface area contributed by atoms with Crippen LogP contribution >= 0.6 is 0 Å². The smallest absolute Gasteiger partial charge is 0.130 e. The normalized spacial score (nSPS) is 21.3. The molecule has 0 aromatic heterocycles. The van der Waals surface area contributed by atoms with Gasteiger partial charge in [0.25, 0.3) is 0 Å². The van der Waals surface area contributed by atoms with Crippen LogP contribution < -0.4 is 5.73 Å². The van der Waals surface area contributed by atoms with E-state index in [0.717, 1.165) is 25.9 Å². The number of rotatable bonds is 3.